The largest absolute Gasteiger partial charge is 0.324 e. The summed E-state index contributed by atoms with van der Waals surface area (Å²) in [5, 5.41) is 3.07. The van der Waals surface area contributed by atoms with Crippen molar-refractivity contribution in [1.82, 2.24) is 9.80 Å². The number of rotatable bonds is 5. The number of nitrogens with zero attached hydrogens (tertiary/aromatic N) is 3. The van der Waals surface area contributed by atoms with Gasteiger partial charge in [-0.1, -0.05) is 36.4 Å². The van der Waals surface area contributed by atoms with Crippen LogP contribution >= 0.6 is 0 Å². The Labute approximate surface area is 184 Å². The maximum Gasteiger partial charge on any atom is 0.244 e. The monoisotopic (exact) mass is 420 g/mol. The van der Waals surface area contributed by atoms with Crippen LogP contribution in [0.4, 0.5) is 11.4 Å². The molecule has 6 nitrogen and oxygen atoms in total. The van der Waals surface area contributed by atoms with Gasteiger partial charge in [0.2, 0.25) is 11.8 Å². The van der Waals surface area contributed by atoms with E-state index in [4.69, 9.17) is 0 Å². The third-order valence-corrected chi connectivity index (χ3v) is 6.58. The van der Waals surface area contributed by atoms with E-state index in [0.29, 0.717) is 6.54 Å². The normalized spacial score (nSPS) is 18.0. The maximum absolute atomic E-state index is 13.1. The average Bonchev–Trinajstić information content (AvgIpc) is 3.20. The van der Waals surface area contributed by atoms with Gasteiger partial charge >= 0.3 is 0 Å². The average molecular weight is 421 g/mol. The van der Waals surface area contributed by atoms with E-state index in [0.717, 1.165) is 61.6 Å². The second-order valence-corrected chi connectivity index (χ2v) is 8.67. The van der Waals surface area contributed by atoms with Gasteiger partial charge in [-0.3, -0.25) is 19.4 Å². The van der Waals surface area contributed by atoms with Gasteiger partial charge < -0.3 is 10.2 Å². The van der Waals surface area contributed by atoms with Crippen molar-refractivity contribution >= 4 is 23.2 Å². The van der Waals surface area contributed by atoms with Crippen molar-refractivity contribution < 1.29 is 9.59 Å². The molecule has 0 radical (unpaired) electrons. The van der Waals surface area contributed by atoms with Crippen LogP contribution in [0, 0.1) is 13.8 Å². The summed E-state index contributed by atoms with van der Waals surface area (Å²) in [7, 11) is 0. The Morgan fingerprint density at radius 3 is 2.32 bits per heavy atom. The molecule has 1 N–H and O–H groups in total. The summed E-state index contributed by atoms with van der Waals surface area (Å²) in [5.41, 5.74) is 5.38. The molecule has 4 rings (SSSR count). The SMILES string of the molecule is Cc1cccc(C)c1NC(=O)CN1CCN([C@H](C)C(=O)N2CCc3ccccc32)CC1. The van der Waals surface area contributed by atoms with Gasteiger partial charge in [-0.05, 0) is 49.9 Å². The minimum absolute atomic E-state index is 0.0173. The number of carbonyl (C=O) groups excluding carboxylic acids is 2. The zero-order chi connectivity index (χ0) is 22.0. The highest BCUT2D eigenvalue weighted by atomic mass is 16.2. The van der Waals surface area contributed by atoms with Crippen molar-refractivity contribution in [1.29, 1.82) is 0 Å². The van der Waals surface area contributed by atoms with Gasteiger partial charge in [-0.25, -0.2) is 0 Å². The number of hydrogen-bond donors (Lipinski definition) is 1. The molecule has 0 aliphatic carbocycles. The second kappa shape index (κ2) is 9.20. The summed E-state index contributed by atoms with van der Waals surface area (Å²) in [6, 6.07) is 14.1. The summed E-state index contributed by atoms with van der Waals surface area (Å²) >= 11 is 0. The molecule has 31 heavy (non-hydrogen) atoms. The third-order valence-electron chi connectivity index (χ3n) is 6.58. The van der Waals surface area contributed by atoms with Crippen LogP contribution in [0.15, 0.2) is 42.5 Å². The molecule has 2 aromatic carbocycles. The van der Waals surface area contributed by atoms with E-state index in [1.165, 1.54) is 5.56 Å². The van der Waals surface area contributed by atoms with Crippen molar-refractivity contribution in [3.8, 4) is 0 Å². The molecule has 2 amide bonds. The number of hydrogen-bond acceptors (Lipinski definition) is 4. The lowest BCUT2D eigenvalue weighted by Gasteiger charge is -2.38. The molecule has 0 unspecified atom stereocenters. The molecular formula is C25H32N4O2. The smallest absolute Gasteiger partial charge is 0.244 e. The predicted octanol–water partition coefficient (Wildman–Crippen LogP) is 2.84. The molecule has 6 heteroatoms. The van der Waals surface area contributed by atoms with Gasteiger partial charge in [0.25, 0.3) is 0 Å². The second-order valence-electron chi connectivity index (χ2n) is 8.67. The number of fused-ring (bicyclic) bond motifs is 1. The van der Waals surface area contributed by atoms with E-state index in [1.54, 1.807) is 0 Å². The minimum atomic E-state index is -0.156. The minimum Gasteiger partial charge on any atom is -0.324 e. The molecule has 2 aliphatic rings. The highest BCUT2D eigenvalue weighted by Gasteiger charge is 2.32. The van der Waals surface area contributed by atoms with Crippen molar-refractivity contribution in [3.05, 3.63) is 59.2 Å². The summed E-state index contributed by atoms with van der Waals surface area (Å²) < 4.78 is 0. The third kappa shape index (κ3) is 4.65. The first-order chi connectivity index (χ1) is 14.9. The van der Waals surface area contributed by atoms with E-state index >= 15 is 0 Å². The number of aryl methyl sites for hydroxylation is 2. The quantitative estimate of drug-likeness (QED) is 0.808. The first-order valence-corrected chi connectivity index (χ1v) is 11.2. The van der Waals surface area contributed by atoms with E-state index in [2.05, 4.69) is 21.2 Å². The molecule has 2 aromatic rings. The molecule has 0 bridgehead atoms. The molecule has 1 saturated heterocycles. The fraction of sp³-hybridized carbons (Fsp3) is 0.440. The molecule has 0 spiro atoms. The maximum atomic E-state index is 13.1. The van der Waals surface area contributed by atoms with E-state index in [-0.39, 0.29) is 17.9 Å². The van der Waals surface area contributed by atoms with Crippen LogP contribution in [-0.4, -0.2) is 66.9 Å². The Hall–Kier alpha value is -2.70. The molecule has 0 aromatic heterocycles. The Bertz CT molecular complexity index is 945. The number of para-hydroxylation sites is 2. The molecule has 1 fully saturated rings. The summed E-state index contributed by atoms with van der Waals surface area (Å²) in [4.78, 5) is 32.1. The van der Waals surface area contributed by atoms with Crippen LogP contribution in [0.3, 0.4) is 0 Å². The zero-order valence-corrected chi connectivity index (χ0v) is 18.7. The number of amides is 2. The van der Waals surface area contributed by atoms with Crippen LogP contribution in [0.2, 0.25) is 0 Å². The molecule has 2 aliphatic heterocycles. The number of anilines is 2. The number of benzene rings is 2. The van der Waals surface area contributed by atoms with Crippen LogP contribution < -0.4 is 10.2 Å². The fourth-order valence-electron chi connectivity index (χ4n) is 4.65. The van der Waals surface area contributed by atoms with E-state index < -0.39 is 0 Å². The summed E-state index contributed by atoms with van der Waals surface area (Å²) in [6.45, 7) is 10.3. The number of nitrogens with one attached hydrogen (secondary N) is 1. The van der Waals surface area contributed by atoms with Crippen molar-refractivity contribution in [3.63, 3.8) is 0 Å². The van der Waals surface area contributed by atoms with Gasteiger partial charge in [-0.2, -0.15) is 0 Å². The van der Waals surface area contributed by atoms with Gasteiger partial charge in [-0.15, -0.1) is 0 Å². The summed E-state index contributed by atoms with van der Waals surface area (Å²) in [5.74, 6) is 0.190. The van der Waals surface area contributed by atoms with Crippen LogP contribution in [-0.2, 0) is 16.0 Å². The Morgan fingerprint density at radius 1 is 0.935 bits per heavy atom. The first-order valence-electron chi connectivity index (χ1n) is 11.2. The topological polar surface area (TPSA) is 55.9 Å². The zero-order valence-electron chi connectivity index (χ0n) is 18.7. The Kier molecular flexibility index (Phi) is 6.39. The van der Waals surface area contributed by atoms with Gasteiger partial charge in [0, 0.05) is 44.1 Å². The molecule has 0 saturated carbocycles. The lowest BCUT2D eigenvalue weighted by molar-refractivity contribution is -0.124. The van der Waals surface area contributed by atoms with E-state index in [9.17, 15) is 9.59 Å². The molecule has 1 atom stereocenters. The van der Waals surface area contributed by atoms with Gasteiger partial charge in [0.05, 0.1) is 12.6 Å². The molecule has 164 valence electrons. The van der Waals surface area contributed by atoms with Crippen LogP contribution in [0.1, 0.15) is 23.6 Å². The first kappa shape index (κ1) is 21.5. The lowest BCUT2D eigenvalue weighted by Crippen LogP contribution is -2.55. The standard InChI is InChI=1S/C25H32N4O2/c1-18-7-6-8-19(2)24(18)26-23(30)17-27-13-15-28(16-14-27)20(3)25(31)29-12-11-21-9-4-5-10-22(21)29/h4-10,20H,11-17H2,1-3H3,(H,26,30)/t20-/m1/s1. The van der Waals surface area contributed by atoms with Crippen molar-refractivity contribution in [2.45, 2.75) is 33.2 Å². The van der Waals surface area contributed by atoms with Crippen LogP contribution in [0.25, 0.3) is 0 Å². The number of piperazine rings is 1. The van der Waals surface area contributed by atoms with Crippen LogP contribution in [0.5, 0.6) is 0 Å². The highest BCUT2D eigenvalue weighted by Crippen LogP contribution is 2.28. The number of carbonyl (C=O) groups is 2. The predicted molar refractivity (Wildman–Crippen MR) is 125 cm³/mol. The van der Waals surface area contributed by atoms with Gasteiger partial charge in [0.1, 0.15) is 0 Å². The highest BCUT2D eigenvalue weighted by molar-refractivity contribution is 5.98. The Morgan fingerprint density at radius 2 is 1.61 bits per heavy atom. The van der Waals surface area contributed by atoms with Crippen molar-refractivity contribution in [2.24, 2.45) is 0 Å². The van der Waals surface area contributed by atoms with Crippen molar-refractivity contribution in [2.75, 3.05) is 49.5 Å². The molecule has 2 heterocycles. The summed E-state index contributed by atoms with van der Waals surface area (Å²) in [6.07, 6.45) is 0.928. The Balaban J connectivity index is 1.28. The van der Waals surface area contributed by atoms with Gasteiger partial charge in [0.15, 0.2) is 0 Å². The lowest BCUT2D eigenvalue weighted by atomic mass is 10.1. The van der Waals surface area contributed by atoms with E-state index in [1.807, 2.05) is 62.1 Å². The fourth-order valence-corrected chi connectivity index (χ4v) is 4.65. The molecular weight excluding hydrogens is 388 g/mol.